The number of para-hydroxylation sites is 1. The molecule has 5 heteroatoms. The molecule has 2 aromatic rings. The molecule has 5 nitrogen and oxygen atoms in total. The topological polar surface area (TPSA) is 70.4 Å². The van der Waals surface area contributed by atoms with E-state index in [1.165, 1.54) is 0 Å². The predicted octanol–water partition coefficient (Wildman–Crippen LogP) is 4.09. The fourth-order valence-corrected chi connectivity index (χ4v) is 3.12. The largest absolute Gasteiger partial charge is 0.443 e. The van der Waals surface area contributed by atoms with Crippen LogP contribution in [0.1, 0.15) is 37.5 Å². The van der Waals surface area contributed by atoms with Gasteiger partial charge in [-0.3, -0.25) is 4.79 Å². The molecule has 0 saturated carbocycles. The standard InChI is InChI=1S/C21H20N2O3/c1-14-9-11-15(12-10-14)21(13-22)16-7-5-6-8-17(16)23(18(21)24)19(25)26-20(2,3)4/h5-12H,1-4H3/t21-/m1/s1. The van der Waals surface area contributed by atoms with Crippen molar-refractivity contribution in [2.45, 2.75) is 38.7 Å². The number of ether oxygens (including phenoxy) is 1. The molecule has 3 rings (SSSR count). The Hall–Kier alpha value is -3.13. The molecule has 132 valence electrons. The summed E-state index contributed by atoms with van der Waals surface area (Å²) in [5, 5.41) is 10.0. The van der Waals surface area contributed by atoms with E-state index < -0.39 is 23.0 Å². The van der Waals surface area contributed by atoms with Crippen LogP contribution in [0.3, 0.4) is 0 Å². The maximum Gasteiger partial charge on any atom is 0.421 e. The Kier molecular flexibility index (Phi) is 4.08. The van der Waals surface area contributed by atoms with Crippen molar-refractivity contribution < 1.29 is 14.3 Å². The number of benzene rings is 2. The number of hydrogen-bond donors (Lipinski definition) is 0. The summed E-state index contributed by atoms with van der Waals surface area (Å²) in [5.41, 5.74) is 0.102. The van der Waals surface area contributed by atoms with E-state index in [-0.39, 0.29) is 0 Å². The summed E-state index contributed by atoms with van der Waals surface area (Å²) in [4.78, 5) is 27.0. The molecule has 2 amide bonds. The normalized spacial score (nSPS) is 19.0. The van der Waals surface area contributed by atoms with E-state index in [9.17, 15) is 14.9 Å². The van der Waals surface area contributed by atoms with Gasteiger partial charge >= 0.3 is 6.09 Å². The molecule has 0 radical (unpaired) electrons. The highest BCUT2D eigenvalue weighted by atomic mass is 16.6. The summed E-state index contributed by atoms with van der Waals surface area (Å²) in [5.74, 6) is -0.612. The lowest BCUT2D eigenvalue weighted by atomic mass is 9.76. The third-order valence-electron chi connectivity index (χ3n) is 4.30. The van der Waals surface area contributed by atoms with Gasteiger partial charge < -0.3 is 4.74 Å². The Labute approximate surface area is 152 Å². The second kappa shape index (κ2) is 5.99. The van der Waals surface area contributed by atoms with E-state index in [1.807, 2.05) is 19.1 Å². The average Bonchev–Trinajstić information content (AvgIpc) is 2.83. The van der Waals surface area contributed by atoms with Gasteiger partial charge in [0, 0.05) is 5.56 Å². The Morgan fingerprint density at radius 2 is 1.73 bits per heavy atom. The van der Waals surface area contributed by atoms with Crippen LogP contribution in [-0.2, 0) is 14.9 Å². The van der Waals surface area contributed by atoms with Crippen LogP contribution in [0, 0.1) is 18.3 Å². The van der Waals surface area contributed by atoms with Crippen LogP contribution >= 0.6 is 0 Å². The number of rotatable bonds is 1. The van der Waals surface area contributed by atoms with Crippen LogP contribution in [0.15, 0.2) is 48.5 Å². The maximum absolute atomic E-state index is 13.3. The average molecular weight is 348 g/mol. The highest BCUT2D eigenvalue weighted by Gasteiger charge is 2.55. The van der Waals surface area contributed by atoms with E-state index in [0.717, 1.165) is 10.5 Å². The molecule has 2 aromatic carbocycles. The summed E-state index contributed by atoms with van der Waals surface area (Å²) >= 11 is 0. The first-order valence-corrected chi connectivity index (χ1v) is 8.36. The van der Waals surface area contributed by atoms with Crippen molar-refractivity contribution in [3.63, 3.8) is 0 Å². The zero-order valence-electron chi connectivity index (χ0n) is 15.2. The van der Waals surface area contributed by atoms with Gasteiger partial charge in [-0.1, -0.05) is 48.0 Å². The zero-order chi connectivity index (χ0) is 19.1. The molecule has 0 fully saturated rings. The van der Waals surface area contributed by atoms with Crippen molar-refractivity contribution in [3.8, 4) is 6.07 Å². The molecule has 0 N–H and O–H groups in total. The molecule has 1 aliphatic heterocycles. The lowest BCUT2D eigenvalue weighted by Gasteiger charge is -2.25. The van der Waals surface area contributed by atoms with Crippen molar-refractivity contribution in [2.75, 3.05) is 4.90 Å². The van der Waals surface area contributed by atoms with Gasteiger partial charge in [0.2, 0.25) is 0 Å². The second-order valence-corrected chi connectivity index (χ2v) is 7.37. The molecule has 0 aliphatic carbocycles. The molecule has 0 bridgehead atoms. The van der Waals surface area contributed by atoms with Gasteiger partial charge in [-0.2, -0.15) is 5.26 Å². The van der Waals surface area contributed by atoms with Crippen molar-refractivity contribution in [1.82, 2.24) is 0 Å². The lowest BCUT2D eigenvalue weighted by Crippen LogP contribution is -2.45. The molecule has 1 atom stereocenters. The third-order valence-corrected chi connectivity index (χ3v) is 4.30. The van der Waals surface area contributed by atoms with Gasteiger partial charge in [0.15, 0.2) is 5.41 Å². The summed E-state index contributed by atoms with van der Waals surface area (Å²) in [6, 6.07) is 16.2. The Balaban J connectivity index is 2.19. The van der Waals surface area contributed by atoms with E-state index in [2.05, 4.69) is 6.07 Å². The minimum Gasteiger partial charge on any atom is -0.443 e. The SMILES string of the molecule is Cc1ccc([C@@]2(C#N)C(=O)N(C(=O)OC(C)(C)C)c3ccccc32)cc1. The highest BCUT2D eigenvalue weighted by Crippen LogP contribution is 2.46. The minimum atomic E-state index is -1.57. The molecular formula is C21H20N2O3. The van der Waals surface area contributed by atoms with Gasteiger partial charge in [0.1, 0.15) is 5.60 Å². The Morgan fingerprint density at radius 1 is 1.12 bits per heavy atom. The van der Waals surface area contributed by atoms with Crippen LogP contribution in [0.25, 0.3) is 0 Å². The number of anilines is 1. The molecule has 1 heterocycles. The molecule has 1 aliphatic rings. The summed E-state index contributed by atoms with van der Waals surface area (Å²) in [6.07, 6.45) is -0.779. The summed E-state index contributed by atoms with van der Waals surface area (Å²) in [6.45, 7) is 7.12. The fourth-order valence-electron chi connectivity index (χ4n) is 3.12. The Morgan fingerprint density at radius 3 is 2.31 bits per heavy atom. The van der Waals surface area contributed by atoms with Crippen molar-refractivity contribution >= 4 is 17.7 Å². The second-order valence-electron chi connectivity index (χ2n) is 7.37. The molecular weight excluding hydrogens is 328 g/mol. The predicted molar refractivity (Wildman–Crippen MR) is 97.7 cm³/mol. The van der Waals surface area contributed by atoms with E-state index in [4.69, 9.17) is 4.74 Å². The molecule has 0 aromatic heterocycles. The van der Waals surface area contributed by atoms with Gasteiger partial charge in [0.05, 0.1) is 11.8 Å². The van der Waals surface area contributed by atoms with Crippen LogP contribution in [0.4, 0.5) is 10.5 Å². The number of nitrogens with zero attached hydrogens (tertiary/aromatic N) is 2. The highest BCUT2D eigenvalue weighted by molar-refractivity contribution is 6.23. The van der Waals surface area contributed by atoms with Gasteiger partial charge in [0.25, 0.3) is 5.91 Å². The van der Waals surface area contributed by atoms with Crippen LogP contribution in [0.5, 0.6) is 0 Å². The quantitative estimate of drug-likeness (QED) is 0.778. The van der Waals surface area contributed by atoms with Gasteiger partial charge in [-0.15, -0.1) is 0 Å². The van der Waals surface area contributed by atoms with E-state index in [0.29, 0.717) is 16.8 Å². The first-order chi connectivity index (χ1) is 12.2. The number of fused-ring (bicyclic) bond motifs is 1. The first-order valence-electron chi connectivity index (χ1n) is 8.36. The summed E-state index contributed by atoms with van der Waals surface area (Å²) < 4.78 is 5.40. The molecule has 26 heavy (non-hydrogen) atoms. The Bertz CT molecular complexity index is 920. The van der Waals surface area contributed by atoms with E-state index in [1.54, 1.807) is 57.2 Å². The minimum absolute atomic E-state index is 0.383. The van der Waals surface area contributed by atoms with Crippen LogP contribution in [0.2, 0.25) is 0 Å². The number of carbonyl (C=O) groups is 2. The lowest BCUT2D eigenvalue weighted by molar-refractivity contribution is -0.120. The number of amides is 2. The number of imide groups is 1. The smallest absolute Gasteiger partial charge is 0.421 e. The van der Waals surface area contributed by atoms with Crippen LogP contribution in [-0.4, -0.2) is 17.6 Å². The number of nitriles is 1. The van der Waals surface area contributed by atoms with Gasteiger partial charge in [-0.05, 0) is 39.3 Å². The first kappa shape index (κ1) is 17.7. The molecule has 0 saturated heterocycles. The maximum atomic E-state index is 13.3. The van der Waals surface area contributed by atoms with E-state index >= 15 is 0 Å². The van der Waals surface area contributed by atoms with Crippen LogP contribution < -0.4 is 4.90 Å². The van der Waals surface area contributed by atoms with Gasteiger partial charge in [-0.25, -0.2) is 9.69 Å². The third kappa shape index (κ3) is 2.64. The van der Waals surface area contributed by atoms with Crippen molar-refractivity contribution in [1.29, 1.82) is 5.26 Å². The zero-order valence-corrected chi connectivity index (χ0v) is 15.2. The van der Waals surface area contributed by atoms with Crippen molar-refractivity contribution in [3.05, 3.63) is 65.2 Å². The molecule has 0 spiro atoms. The molecule has 0 unspecified atom stereocenters. The summed E-state index contributed by atoms with van der Waals surface area (Å²) in [7, 11) is 0. The number of aryl methyl sites for hydroxylation is 1. The fraction of sp³-hybridized carbons (Fsp3) is 0.286. The number of carbonyl (C=O) groups excluding carboxylic acids is 2. The van der Waals surface area contributed by atoms with Crippen molar-refractivity contribution in [2.24, 2.45) is 0 Å². The monoisotopic (exact) mass is 348 g/mol. The number of hydrogen-bond acceptors (Lipinski definition) is 4.